The number of phenolic OH excluding ortho intramolecular Hbond substituents is 1. The average molecular weight is 290 g/mol. The molecule has 0 fully saturated rings. The van der Waals surface area contributed by atoms with Gasteiger partial charge in [0.05, 0.1) is 0 Å². The molecule has 0 spiro atoms. The van der Waals surface area contributed by atoms with E-state index in [0.29, 0.717) is 0 Å². The molecular formula is C6H3BrClFO3S. The molecule has 13 heavy (non-hydrogen) atoms. The Bertz CT molecular complexity index is 445. The number of hydrogen-bond acceptors (Lipinski definition) is 3. The Morgan fingerprint density at radius 2 is 2.00 bits per heavy atom. The van der Waals surface area contributed by atoms with E-state index in [1.54, 1.807) is 0 Å². The zero-order valence-corrected chi connectivity index (χ0v) is 9.12. The van der Waals surface area contributed by atoms with E-state index in [0.717, 1.165) is 6.07 Å². The van der Waals surface area contributed by atoms with Crippen LogP contribution in [0.25, 0.3) is 0 Å². The molecular weight excluding hydrogens is 286 g/mol. The number of phenols is 1. The summed E-state index contributed by atoms with van der Waals surface area (Å²) in [5.74, 6) is -2.02. The lowest BCUT2D eigenvalue weighted by molar-refractivity contribution is 0.422. The van der Waals surface area contributed by atoms with Crippen molar-refractivity contribution in [3.63, 3.8) is 0 Å². The van der Waals surface area contributed by atoms with E-state index in [-0.39, 0.29) is 4.47 Å². The minimum atomic E-state index is -4.20. The Morgan fingerprint density at radius 3 is 2.38 bits per heavy atom. The lowest BCUT2D eigenvalue weighted by atomic mass is 10.3. The maximum absolute atomic E-state index is 13.0. The molecule has 0 atom stereocenters. The Labute approximate surface area is 86.7 Å². The lowest BCUT2D eigenvalue weighted by Crippen LogP contribution is -1.97. The summed E-state index contributed by atoms with van der Waals surface area (Å²) in [4.78, 5) is -0.755. The van der Waals surface area contributed by atoms with Crippen LogP contribution in [-0.2, 0) is 9.05 Å². The Morgan fingerprint density at radius 1 is 1.46 bits per heavy atom. The monoisotopic (exact) mass is 288 g/mol. The maximum atomic E-state index is 13.0. The first-order chi connectivity index (χ1) is 5.84. The van der Waals surface area contributed by atoms with Gasteiger partial charge >= 0.3 is 0 Å². The molecule has 0 aromatic heterocycles. The van der Waals surface area contributed by atoms with Crippen molar-refractivity contribution >= 4 is 35.7 Å². The molecule has 0 aliphatic rings. The summed E-state index contributed by atoms with van der Waals surface area (Å²) in [5, 5.41) is 8.87. The van der Waals surface area contributed by atoms with Gasteiger partial charge < -0.3 is 5.11 Å². The minimum absolute atomic E-state index is 0.0298. The molecule has 0 saturated carbocycles. The summed E-state index contributed by atoms with van der Waals surface area (Å²) in [6.07, 6.45) is 0. The molecule has 1 aromatic carbocycles. The Kier molecular flexibility index (Phi) is 2.84. The van der Waals surface area contributed by atoms with E-state index in [1.807, 2.05) is 0 Å². The zero-order valence-electron chi connectivity index (χ0n) is 5.96. The number of halogens is 3. The van der Waals surface area contributed by atoms with Gasteiger partial charge in [-0.1, -0.05) is 0 Å². The highest BCUT2D eigenvalue weighted by Gasteiger charge is 2.22. The van der Waals surface area contributed by atoms with Crippen LogP contribution in [0.15, 0.2) is 21.5 Å². The minimum Gasteiger partial charge on any atom is -0.505 e. The first kappa shape index (κ1) is 10.7. The van der Waals surface area contributed by atoms with Gasteiger partial charge in [-0.25, -0.2) is 12.8 Å². The molecule has 0 unspecified atom stereocenters. The van der Waals surface area contributed by atoms with Crippen LogP contribution in [0, 0.1) is 5.82 Å². The number of hydrogen-bond donors (Lipinski definition) is 1. The second-order valence-corrected chi connectivity index (χ2v) is 5.50. The van der Waals surface area contributed by atoms with E-state index in [4.69, 9.17) is 15.8 Å². The topological polar surface area (TPSA) is 54.4 Å². The van der Waals surface area contributed by atoms with Crippen LogP contribution < -0.4 is 0 Å². The van der Waals surface area contributed by atoms with Crippen molar-refractivity contribution in [2.75, 3.05) is 0 Å². The maximum Gasteiger partial charge on any atom is 0.265 e. The van der Waals surface area contributed by atoms with Crippen LogP contribution in [0.3, 0.4) is 0 Å². The van der Waals surface area contributed by atoms with Crippen molar-refractivity contribution in [2.45, 2.75) is 4.90 Å². The first-order valence-corrected chi connectivity index (χ1v) is 6.06. The summed E-state index contributed by atoms with van der Waals surface area (Å²) in [7, 11) is 0.736. The van der Waals surface area contributed by atoms with Gasteiger partial charge in [-0.15, -0.1) is 0 Å². The van der Waals surface area contributed by atoms with Crippen molar-refractivity contribution in [2.24, 2.45) is 0 Å². The van der Waals surface area contributed by atoms with Crippen LogP contribution >= 0.6 is 26.6 Å². The first-order valence-electron chi connectivity index (χ1n) is 2.95. The van der Waals surface area contributed by atoms with E-state index in [2.05, 4.69) is 15.9 Å². The number of aromatic hydroxyl groups is 1. The highest BCUT2D eigenvalue weighted by molar-refractivity contribution is 9.10. The van der Waals surface area contributed by atoms with Crippen molar-refractivity contribution in [1.82, 2.24) is 0 Å². The van der Waals surface area contributed by atoms with Gasteiger partial charge in [0.2, 0.25) is 0 Å². The third kappa shape index (κ3) is 2.12. The van der Waals surface area contributed by atoms with Crippen LogP contribution in [0.5, 0.6) is 5.75 Å². The molecule has 1 aromatic rings. The molecule has 0 heterocycles. The molecule has 1 rings (SSSR count). The van der Waals surface area contributed by atoms with Gasteiger partial charge in [0, 0.05) is 15.2 Å². The molecule has 1 N–H and O–H groups in total. The van der Waals surface area contributed by atoms with Gasteiger partial charge in [-0.2, -0.15) is 0 Å². The van der Waals surface area contributed by atoms with Gasteiger partial charge in [0.1, 0.15) is 4.90 Å². The smallest absolute Gasteiger partial charge is 0.265 e. The van der Waals surface area contributed by atoms with E-state index < -0.39 is 25.5 Å². The molecule has 0 aliphatic heterocycles. The molecule has 0 radical (unpaired) electrons. The molecule has 0 bridgehead atoms. The normalized spacial score (nSPS) is 11.6. The van der Waals surface area contributed by atoms with Gasteiger partial charge in [0.25, 0.3) is 9.05 Å². The van der Waals surface area contributed by atoms with Crippen LogP contribution in [0.2, 0.25) is 0 Å². The second-order valence-electron chi connectivity index (χ2n) is 2.15. The fourth-order valence-electron chi connectivity index (χ4n) is 0.746. The molecule has 0 aliphatic carbocycles. The molecule has 3 nitrogen and oxygen atoms in total. The molecule has 7 heteroatoms. The number of rotatable bonds is 1. The average Bonchev–Trinajstić information content (AvgIpc) is 1.95. The van der Waals surface area contributed by atoms with E-state index in [1.165, 1.54) is 6.07 Å². The highest BCUT2D eigenvalue weighted by atomic mass is 79.9. The predicted octanol–water partition coefficient (Wildman–Crippen LogP) is 2.22. The number of benzene rings is 1. The standard InChI is InChI=1S/C6H3BrClFO3S/c7-3-1-2-4(10)5(9)6(3)13(8,11)12/h1-2,10H. The summed E-state index contributed by atoms with van der Waals surface area (Å²) < 4.78 is 34.6. The zero-order chi connectivity index (χ0) is 10.2. The third-order valence-electron chi connectivity index (χ3n) is 1.27. The lowest BCUT2D eigenvalue weighted by Gasteiger charge is -2.02. The predicted molar refractivity (Wildman–Crippen MR) is 48.8 cm³/mol. The Hall–Kier alpha value is -0.330. The largest absolute Gasteiger partial charge is 0.505 e. The van der Waals surface area contributed by atoms with Gasteiger partial charge in [0.15, 0.2) is 11.6 Å². The quantitative estimate of drug-likeness (QED) is 0.807. The van der Waals surface area contributed by atoms with Crippen molar-refractivity contribution < 1.29 is 17.9 Å². The van der Waals surface area contributed by atoms with Crippen molar-refractivity contribution in [1.29, 1.82) is 0 Å². The van der Waals surface area contributed by atoms with Crippen LogP contribution in [0.1, 0.15) is 0 Å². The summed E-state index contributed by atoms with van der Waals surface area (Å²) in [5.41, 5.74) is 0. The Balaban J connectivity index is 3.62. The second kappa shape index (κ2) is 3.43. The highest BCUT2D eigenvalue weighted by Crippen LogP contribution is 2.32. The SMILES string of the molecule is O=S(=O)(Cl)c1c(Br)ccc(O)c1F. The fraction of sp³-hybridized carbons (Fsp3) is 0. The molecule has 0 amide bonds. The van der Waals surface area contributed by atoms with Gasteiger partial charge in [-0.05, 0) is 28.1 Å². The van der Waals surface area contributed by atoms with E-state index in [9.17, 15) is 12.8 Å². The summed E-state index contributed by atoms with van der Waals surface area (Å²) >= 11 is 2.80. The third-order valence-corrected chi connectivity index (χ3v) is 3.55. The van der Waals surface area contributed by atoms with Crippen LogP contribution in [-0.4, -0.2) is 13.5 Å². The summed E-state index contributed by atoms with van der Waals surface area (Å²) in [6, 6.07) is 2.21. The van der Waals surface area contributed by atoms with Gasteiger partial charge in [-0.3, -0.25) is 0 Å². The van der Waals surface area contributed by atoms with Crippen LogP contribution in [0.4, 0.5) is 4.39 Å². The fourth-order valence-corrected chi connectivity index (χ4v) is 3.04. The van der Waals surface area contributed by atoms with Crippen molar-refractivity contribution in [3.05, 3.63) is 22.4 Å². The summed E-state index contributed by atoms with van der Waals surface area (Å²) in [6.45, 7) is 0. The molecule has 72 valence electrons. The molecule has 0 saturated heterocycles. The van der Waals surface area contributed by atoms with E-state index >= 15 is 0 Å². The van der Waals surface area contributed by atoms with Crippen molar-refractivity contribution in [3.8, 4) is 5.75 Å².